The summed E-state index contributed by atoms with van der Waals surface area (Å²) in [5.74, 6) is -0.964. The smallest absolute Gasteiger partial charge is 0.251 e. The number of nitrogen functional groups attached to an aromatic ring is 1. The summed E-state index contributed by atoms with van der Waals surface area (Å²) >= 11 is 0. The summed E-state index contributed by atoms with van der Waals surface area (Å²) in [7, 11) is 0. The van der Waals surface area contributed by atoms with Crippen molar-refractivity contribution in [2.24, 2.45) is 0 Å². The van der Waals surface area contributed by atoms with E-state index < -0.39 is 17.3 Å². The molecule has 0 atom stereocenters. The maximum Gasteiger partial charge on any atom is 0.251 e. The van der Waals surface area contributed by atoms with E-state index in [0.29, 0.717) is 12.8 Å². The molecule has 4 N–H and O–H groups in total. The third-order valence-electron chi connectivity index (χ3n) is 3.04. The summed E-state index contributed by atoms with van der Waals surface area (Å²) in [5.41, 5.74) is 5.04. The number of halogens is 1. The van der Waals surface area contributed by atoms with Crippen molar-refractivity contribution in [2.45, 2.75) is 24.9 Å². The number of hydrogen-bond donors (Lipinski definition) is 3. The first-order valence-corrected chi connectivity index (χ1v) is 5.55. The normalized spacial score (nSPS) is 17.3. The van der Waals surface area contributed by atoms with Gasteiger partial charge in [-0.15, -0.1) is 0 Å². The minimum Gasteiger partial charge on any atom is -0.399 e. The lowest BCUT2D eigenvalue weighted by Crippen LogP contribution is -2.47. The molecule has 1 aromatic rings. The van der Waals surface area contributed by atoms with Gasteiger partial charge in [-0.25, -0.2) is 4.39 Å². The van der Waals surface area contributed by atoms with E-state index in [1.807, 2.05) is 0 Å². The van der Waals surface area contributed by atoms with Crippen LogP contribution in [0.3, 0.4) is 0 Å². The van der Waals surface area contributed by atoms with Crippen LogP contribution in [0.15, 0.2) is 18.2 Å². The fourth-order valence-electron chi connectivity index (χ4n) is 1.85. The Morgan fingerprint density at radius 3 is 2.71 bits per heavy atom. The standard InChI is InChI=1S/C12H15FN2O2/c13-9-4-8(5-10(14)6-9)11(16)15-7-12(17)2-1-3-12/h4-6,17H,1-3,7,14H2,(H,15,16). The van der Waals surface area contributed by atoms with Gasteiger partial charge < -0.3 is 16.2 Å². The summed E-state index contributed by atoms with van der Waals surface area (Å²) < 4.78 is 13.0. The van der Waals surface area contributed by atoms with Crippen molar-refractivity contribution in [3.05, 3.63) is 29.6 Å². The van der Waals surface area contributed by atoms with E-state index in [1.165, 1.54) is 6.07 Å². The van der Waals surface area contributed by atoms with Crippen LogP contribution >= 0.6 is 0 Å². The van der Waals surface area contributed by atoms with Crippen molar-refractivity contribution in [3.8, 4) is 0 Å². The fraction of sp³-hybridized carbons (Fsp3) is 0.417. The van der Waals surface area contributed by atoms with Crippen LogP contribution in [0.4, 0.5) is 10.1 Å². The third kappa shape index (κ3) is 2.74. The van der Waals surface area contributed by atoms with Crippen molar-refractivity contribution in [1.82, 2.24) is 5.32 Å². The molecule has 0 bridgehead atoms. The lowest BCUT2D eigenvalue weighted by Gasteiger charge is -2.36. The van der Waals surface area contributed by atoms with Crippen molar-refractivity contribution < 1.29 is 14.3 Å². The van der Waals surface area contributed by atoms with Crippen LogP contribution < -0.4 is 11.1 Å². The maximum absolute atomic E-state index is 13.0. The predicted molar refractivity (Wildman–Crippen MR) is 61.9 cm³/mol. The number of aliphatic hydroxyl groups is 1. The lowest BCUT2D eigenvalue weighted by molar-refractivity contribution is -0.0300. The number of amides is 1. The summed E-state index contributed by atoms with van der Waals surface area (Å²) in [6.45, 7) is 0.197. The number of benzene rings is 1. The molecule has 2 rings (SSSR count). The molecule has 0 aliphatic heterocycles. The van der Waals surface area contributed by atoms with Crippen LogP contribution in [-0.4, -0.2) is 23.2 Å². The predicted octanol–water partition coefficient (Wildman–Crippen LogP) is 1.05. The largest absolute Gasteiger partial charge is 0.399 e. The Kier molecular flexibility index (Phi) is 3.02. The van der Waals surface area contributed by atoms with Gasteiger partial charge in [0.1, 0.15) is 5.82 Å². The Hall–Kier alpha value is -1.62. The maximum atomic E-state index is 13.0. The van der Waals surface area contributed by atoms with Gasteiger partial charge in [0, 0.05) is 17.8 Å². The first kappa shape index (κ1) is 11.9. The Morgan fingerprint density at radius 2 is 2.18 bits per heavy atom. The van der Waals surface area contributed by atoms with Crippen LogP contribution in [0.5, 0.6) is 0 Å². The minimum absolute atomic E-state index is 0.172. The van der Waals surface area contributed by atoms with E-state index in [1.54, 1.807) is 0 Å². The number of rotatable bonds is 3. The second-order valence-electron chi connectivity index (χ2n) is 4.53. The highest BCUT2D eigenvalue weighted by molar-refractivity contribution is 5.95. The third-order valence-corrected chi connectivity index (χ3v) is 3.04. The summed E-state index contributed by atoms with van der Waals surface area (Å²) in [6.07, 6.45) is 2.36. The van der Waals surface area contributed by atoms with Gasteiger partial charge in [0.2, 0.25) is 0 Å². The van der Waals surface area contributed by atoms with Crippen LogP contribution in [0.1, 0.15) is 29.6 Å². The molecular weight excluding hydrogens is 223 g/mol. The van der Waals surface area contributed by atoms with Crippen molar-refractivity contribution >= 4 is 11.6 Å². The summed E-state index contributed by atoms with van der Waals surface area (Å²) in [6, 6.07) is 3.68. The van der Waals surface area contributed by atoms with Crippen LogP contribution in [0, 0.1) is 5.82 Å². The topological polar surface area (TPSA) is 75.4 Å². The van der Waals surface area contributed by atoms with Gasteiger partial charge >= 0.3 is 0 Å². The second kappa shape index (κ2) is 4.33. The highest BCUT2D eigenvalue weighted by Gasteiger charge is 2.34. The van der Waals surface area contributed by atoms with Crippen LogP contribution in [0.2, 0.25) is 0 Å². The fourth-order valence-corrected chi connectivity index (χ4v) is 1.85. The molecule has 0 saturated heterocycles. The molecule has 0 radical (unpaired) electrons. The molecule has 4 nitrogen and oxygen atoms in total. The van der Waals surface area contributed by atoms with Gasteiger partial charge in [-0.3, -0.25) is 4.79 Å². The van der Waals surface area contributed by atoms with Crippen molar-refractivity contribution in [3.63, 3.8) is 0 Å². The van der Waals surface area contributed by atoms with Crippen molar-refractivity contribution in [2.75, 3.05) is 12.3 Å². The number of nitrogens with two attached hydrogens (primary N) is 1. The molecule has 92 valence electrons. The number of carbonyl (C=O) groups is 1. The van der Waals surface area contributed by atoms with E-state index in [-0.39, 0.29) is 17.8 Å². The molecule has 0 aromatic heterocycles. The van der Waals surface area contributed by atoms with E-state index in [4.69, 9.17) is 5.73 Å². The number of hydrogen-bond acceptors (Lipinski definition) is 3. The van der Waals surface area contributed by atoms with Crippen LogP contribution in [0.25, 0.3) is 0 Å². The molecule has 1 aromatic carbocycles. The zero-order chi connectivity index (χ0) is 12.5. The van der Waals surface area contributed by atoms with Crippen LogP contribution in [-0.2, 0) is 0 Å². The van der Waals surface area contributed by atoms with E-state index >= 15 is 0 Å². The molecule has 1 amide bonds. The zero-order valence-corrected chi connectivity index (χ0v) is 9.37. The summed E-state index contributed by atoms with van der Waals surface area (Å²) in [4.78, 5) is 11.7. The van der Waals surface area contributed by atoms with Crippen molar-refractivity contribution in [1.29, 1.82) is 0 Å². The molecule has 1 saturated carbocycles. The molecule has 5 heteroatoms. The lowest BCUT2D eigenvalue weighted by atomic mass is 9.80. The average molecular weight is 238 g/mol. The average Bonchev–Trinajstić information content (AvgIpc) is 2.22. The van der Waals surface area contributed by atoms with Gasteiger partial charge in [-0.2, -0.15) is 0 Å². The number of anilines is 1. The first-order valence-electron chi connectivity index (χ1n) is 5.55. The molecular formula is C12H15FN2O2. The Bertz CT molecular complexity index is 424. The highest BCUT2D eigenvalue weighted by Crippen LogP contribution is 2.30. The van der Waals surface area contributed by atoms with Gasteiger partial charge in [0.15, 0.2) is 0 Å². The second-order valence-corrected chi connectivity index (χ2v) is 4.53. The monoisotopic (exact) mass is 238 g/mol. The van der Waals surface area contributed by atoms with E-state index in [2.05, 4.69) is 5.32 Å². The molecule has 0 unspecified atom stereocenters. The van der Waals surface area contributed by atoms with Gasteiger partial charge in [0.05, 0.1) is 5.60 Å². The van der Waals surface area contributed by atoms with E-state index in [0.717, 1.165) is 18.6 Å². The molecule has 1 aliphatic carbocycles. The first-order chi connectivity index (χ1) is 7.98. The van der Waals surface area contributed by atoms with Gasteiger partial charge in [0.25, 0.3) is 5.91 Å². The Balaban J connectivity index is 1.99. The summed E-state index contributed by atoms with van der Waals surface area (Å²) in [5, 5.41) is 12.4. The molecule has 0 spiro atoms. The zero-order valence-electron chi connectivity index (χ0n) is 9.37. The van der Waals surface area contributed by atoms with E-state index in [9.17, 15) is 14.3 Å². The SMILES string of the molecule is Nc1cc(F)cc(C(=O)NCC2(O)CCC2)c1. The highest BCUT2D eigenvalue weighted by atomic mass is 19.1. The number of nitrogens with one attached hydrogen (secondary N) is 1. The Morgan fingerprint density at radius 1 is 1.47 bits per heavy atom. The quantitative estimate of drug-likeness (QED) is 0.689. The minimum atomic E-state index is -0.783. The molecule has 17 heavy (non-hydrogen) atoms. The molecule has 1 fully saturated rings. The molecule has 0 heterocycles. The van der Waals surface area contributed by atoms with Gasteiger partial charge in [-0.1, -0.05) is 0 Å². The number of carbonyl (C=O) groups excluding carboxylic acids is 1. The Labute approximate surface area is 98.6 Å². The van der Waals surface area contributed by atoms with Gasteiger partial charge in [-0.05, 0) is 37.5 Å². The molecule has 1 aliphatic rings.